The van der Waals surface area contributed by atoms with Crippen LogP contribution in [-0.4, -0.2) is 29.0 Å². The number of pyridine rings is 1. The Hall–Kier alpha value is -1.46. The molecule has 0 aliphatic rings. The van der Waals surface area contributed by atoms with Gasteiger partial charge in [0.2, 0.25) is 0 Å². The molecule has 4 nitrogen and oxygen atoms in total. The fourth-order valence-corrected chi connectivity index (χ4v) is 2.66. The van der Waals surface area contributed by atoms with Crippen molar-refractivity contribution in [2.75, 3.05) is 19.4 Å². The van der Waals surface area contributed by atoms with Crippen molar-refractivity contribution in [2.45, 2.75) is 20.0 Å². The molecule has 0 atom stereocenters. The highest BCUT2D eigenvalue weighted by Crippen LogP contribution is 2.16. The minimum atomic E-state index is 0.911. The van der Waals surface area contributed by atoms with E-state index in [9.17, 15) is 0 Å². The third kappa shape index (κ3) is 3.27. The van der Waals surface area contributed by atoms with E-state index in [0.717, 1.165) is 24.6 Å². The van der Waals surface area contributed by atoms with E-state index >= 15 is 0 Å². The summed E-state index contributed by atoms with van der Waals surface area (Å²) in [6.07, 6.45) is 1.84. The van der Waals surface area contributed by atoms with Crippen molar-refractivity contribution >= 4 is 17.2 Å². The molecule has 2 aromatic heterocycles. The van der Waals surface area contributed by atoms with Gasteiger partial charge in [0, 0.05) is 31.2 Å². The molecule has 0 saturated heterocycles. The summed E-state index contributed by atoms with van der Waals surface area (Å²) in [7, 11) is 4.01. The molecule has 0 amide bonds. The van der Waals surface area contributed by atoms with Crippen LogP contribution >= 0.6 is 11.3 Å². The molecule has 18 heavy (non-hydrogen) atoms. The van der Waals surface area contributed by atoms with Gasteiger partial charge < -0.3 is 5.32 Å². The Morgan fingerprint density at radius 2 is 2.17 bits per heavy atom. The molecule has 2 rings (SSSR count). The van der Waals surface area contributed by atoms with Crippen molar-refractivity contribution in [1.82, 2.24) is 14.9 Å². The minimum absolute atomic E-state index is 0.911. The van der Waals surface area contributed by atoms with E-state index in [1.165, 1.54) is 10.4 Å². The Bertz CT molecular complexity index is 509. The van der Waals surface area contributed by atoms with E-state index in [1.807, 2.05) is 18.8 Å². The van der Waals surface area contributed by atoms with Crippen LogP contribution in [0.2, 0.25) is 0 Å². The summed E-state index contributed by atoms with van der Waals surface area (Å²) in [5.74, 6) is 0.912. The van der Waals surface area contributed by atoms with Crippen LogP contribution in [0.1, 0.15) is 16.1 Å². The van der Waals surface area contributed by atoms with E-state index in [1.54, 1.807) is 11.3 Å². The van der Waals surface area contributed by atoms with Crippen molar-refractivity contribution in [3.05, 3.63) is 40.0 Å². The third-order valence-electron chi connectivity index (χ3n) is 2.79. The Morgan fingerprint density at radius 1 is 1.33 bits per heavy atom. The summed E-state index contributed by atoms with van der Waals surface area (Å²) in [6, 6.07) is 4.13. The second kappa shape index (κ2) is 5.93. The topological polar surface area (TPSA) is 41.0 Å². The van der Waals surface area contributed by atoms with E-state index in [2.05, 4.69) is 46.3 Å². The standard InChI is InChI=1S/C13H18N4S/c1-10-12(18-9-16-10)8-17(3)7-11-4-5-15-13(6-11)14-2/h4-6,9H,7-8H2,1-3H3,(H,14,15). The predicted molar refractivity (Wildman–Crippen MR) is 75.8 cm³/mol. The van der Waals surface area contributed by atoms with Gasteiger partial charge in [-0.05, 0) is 31.7 Å². The maximum Gasteiger partial charge on any atom is 0.125 e. The average molecular weight is 262 g/mol. The Balaban J connectivity index is 1.98. The molecule has 0 fully saturated rings. The van der Waals surface area contributed by atoms with Crippen molar-refractivity contribution < 1.29 is 0 Å². The molecule has 2 heterocycles. The quantitative estimate of drug-likeness (QED) is 0.899. The van der Waals surface area contributed by atoms with Crippen LogP contribution in [0.15, 0.2) is 23.8 Å². The Labute approximate surface area is 112 Å². The maximum absolute atomic E-state index is 4.28. The van der Waals surface area contributed by atoms with Gasteiger partial charge in [0.25, 0.3) is 0 Å². The molecule has 96 valence electrons. The number of anilines is 1. The molecule has 0 saturated carbocycles. The van der Waals surface area contributed by atoms with E-state index in [-0.39, 0.29) is 0 Å². The van der Waals surface area contributed by atoms with Gasteiger partial charge in [-0.3, -0.25) is 4.90 Å². The first-order valence-electron chi connectivity index (χ1n) is 5.89. The molecule has 1 N–H and O–H groups in total. The normalized spacial score (nSPS) is 10.9. The molecule has 0 aliphatic heterocycles. The fraction of sp³-hybridized carbons (Fsp3) is 0.385. The highest BCUT2D eigenvalue weighted by molar-refractivity contribution is 7.09. The second-order valence-corrected chi connectivity index (χ2v) is 5.27. The second-order valence-electron chi connectivity index (χ2n) is 4.33. The molecule has 0 aliphatic carbocycles. The predicted octanol–water partition coefficient (Wildman–Crippen LogP) is 2.52. The van der Waals surface area contributed by atoms with Crippen LogP contribution in [-0.2, 0) is 13.1 Å². The zero-order chi connectivity index (χ0) is 13.0. The highest BCUT2D eigenvalue weighted by atomic mass is 32.1. The SMILES string of the molecule is CNc1cc(CN(C)Cc2scnc2C)ccn1. The van der Waals surface area contributed by atoms with Gasteiger partial charge in [-0.25, -0.2) is 9.97 Å². The number of nitrogens with one attached hydrogen (secondary N) is 1. The maximum atomic E-state index is 4.28. The first-order valence-corrected chi connectivity index (χ1v) is 6.77. The monoisotopic (exact) mass is 262 g/mol. The van der Waals surface area contributed by atoms with Gasteiger partial charge in [-0.15, -0.1) is 11.3 Å². The molecule has 0 radical (unpaired) electrons. The van der Waals surface area contributed by atoms with Crippen LogP contribution in [0, 0.1) is 6.92 Å². The van der Waals surface area contributed by atoms with Crippen molar-refractivity contribution in [2.24, 2.45) is 0 Å². The summed E-state index contributed by atoms with van der Waals surface area (Å²) < 4.78 is 0. The summed E-state index contributed by atoms with van der Waals surface area (Å²) in [6.45, 7) is 3.91. The largest absolute Gasteiger partial charge is 0.373 e. The van der Waals surface area contributed by atoms with Crippen LogP contribution in [0.5, 0.6) is 0 Å². The molecule has 0 bridgehead atoms. The van der Waals surface area contributed by atoms with Gasteiger partial charge in [-0.1, -0.05) is 0 Å². The van der Waals surface area contributed by atoms with Crippen molar-refractivity contribution in [1.29, 1.82) is 0 Å². The first-order chi connectivity index (χ1) is 8.69. The lowest BCUT2D eigenvalue weighted by molar-refractivity contribution is 0.321. The van der Waals surface area contributed by atoms with E-state index < -0.39 is 0 Å². The molecule has 0 spiro atoms. The van der Waals surface area contributed by atoms with Crippen LogP contribution in [0.25, 0.3) is 0 Å². The number of hydrogen-bond donors (Lipinski definition) is 1. The Kier molecular flexibility index (Phi) is 4.28. The summed E-state index contributed by atoms with van der Waals surface area (Å²) >= 11 is 1.72. The number of nitrogens with zero attached hydrogens (tertiary/aromatic N) is 3. The average Bonchev–Trinajstić information content (AvgIpc) is 2.75. The number of hydrogen-bond acceptors (Lipinski definition) is 5. The molecular weight excluding hydrogens is 244 g/mol. The fourth-order valence-electron chi connectivity index (χ4n) is 1.80. The summed E-state index contributed by atoms with van der Waals surface area (Å²) in [5, 5.41) is 3.06. The number of rotatable bonds is 5. The lowest BCUT2D eigenvalue weighted by atomic mass is 10.2. The molecular formula is C13H18N4S. The van der Waals surface area contributed by atoms with E-state index in [4.69, 9.17) is 0 Å². The van der Waals surface area contributed by atoms with Crippen LogP contribution in [0.4, 0.5) is 5.82 Å². The molecule has 2 aromatic rings. The number of aromatic nitrogens is 2. The lowest BCUT2D eigenvalue weighted by Gasteiger charge is -2.16. The van der Waals surface area contributed by atoms with Gasteiger partial charge in [0.05, 0.1) is 11.2 Å². The molecule has 5 heteroatoms. The minimum Gasteiger partial charge on any atom is -0.373 e. The van der Waals surface area contributed by atoms with Gasteiger partial charge in [0.15, 0.2) is 0 Å². The highest BCUT2D eigenvalue weighted by Gasteiger charge is 2.06. The number of thiazole rings is 1. The number of aryl methyl sites for hydroxylation is 1. The van der Waals surface area contributed by atoms with E-state index in [0.29, 0.717) is 0 Å². The summed E-state index contributed by atoms with van der Waals surface area (Å²) in [5.41, 5.74) is 4.31. The smallest absolute Gasteiger partial charge is 0.125 e. The zero-order valence-corrected chi connectivity index (χ0v) is 11.8. The van der Waals surface area contributed by atoms with Gasteiger partial charge >= 0.3 is 0 Å². The molecule has 0 aromatic carbocycles. The Morgan fingerprint density at radius 3 is 2.83 bits per heavy atom. The lowest BCUT2D eigenvalue weighted by Crippen LogP contribution is -2.17. The zero-order valence-electron chi connectivity index (χ0n) is 11.0. The third-order valence-corrected chi connectivity index (χ3v) is 3.71. The van der Waals surface area contributed by atoms with Crippen LogP contribution < -0.4 is 5.32 Å². The first kappa shape index (κ1) is 13.0. The van der Waals surface area contributed by atoms with Crippen molar-refractivity contribution in [3.63, 3.8) is 0 Å². The van der Waals surface area contributed by atoms with Crippen molar-refractivity contribution in [3.8, 4) is 0 Å². The van der Waals surface area contributed by atoms with Gasteiger partial charge in [-0.2, -0.15) is 0 Å². The van der Waals surface area contributed by atoms with Crippen LogP contribution in [0.3, 0.4) is 0 Å². The summed E-state index contributed by atoms with van der Waals surface area (Å²) in [4.78, 5) is 12.1. The van der Waals surface area contributed by atoms with Gasteiger partial charge in [0.1, 0.15) is 5.82 Å². The molecule has 0 unspecified atom stereocenters.